The number of hydrogen-bond acceptors (Lipinski definition) is 4. The highest BCUT2D eigenvalue weighted by molar-refractivity contribution is 8.13. The summed E-state index contributed by atoms with van der Waals surface area (Å²) in [5, 5.41) is 2.89. The minimum absolute atomic E-state index is 0.141. The summed E-state index contributed by atoms with van der Waals surface area (Å²) in [5.41, 5.74) is 0.885. The summed E-state index contributed by atoms with van der Waals surface area (Å²) in [4.78, 5) is 27.3. The Morgan fingerprint density at radius 1 is 1.25 bits per heavy atom. The van der Waals surface area contributed by atoms with Crippen molar-refractivity contribution in [2.45, 2.75) is 38.7 Å². The summed E-state index contributed by atoms with van der Waals surface area (Å²) < 4.78 is 5.07. The van der Waals surface area contributed by atoms with Gasteiger partial charge in [0.05, 0.1) is 0 Å². The van der Waals surface area contributed by atoms with E-state index >= 15 is 0 Å². The number of allylic oxidation sites excluding steroid dienone is 1. The Kier molecular flexibility index (Phi) is 10.3. The Bertz CT molecular complexity index is 559. The van der Waals surface area contributed by atoms with E-state index in [0.717, 1.165) is 31.2 Å². The quantitative estimate of drug-likeness (QED) is 0.329. The number of hydrogen-bond donors (Lipinski definition) is 1. The van der Waals surface area contributed by atoms with Gasteiger partial charge in [0, 0.05) is 6.42 Å². The molecule has 0 aliphatic rings. The van der Waals surface area contributed by atoms with Gasteiger partial charge in [-0.15, -0.1) is 6.58 Å². The molecule has 0 bridgehead atoms. The van der Waals surface area contributed by atoms with Gasteiger partial charge in [-0.3, -0.25) is 4.79 Å². The lowest BCUT2D eigenvalue weighted by atomic mass is 10.1. The third-order valence-electron chi connectivity index (χ3n) is 3.15. The van der Waals surface area contributed by atoms with Crippen LogP contribution in [0.2, 0.25) is 0 Å². The number of nitrogens with one attached hydrogen (secondary N) is 1. The first-order valence-corrected chi connectivity index (χ1v) is 9.12. The number of rotatable bonds is 8. The molecule has 1 aromatic carbocycles. The van der Waals surface area contributed by atoms with Crippen molar-refractivity contribution in [1.82, 2.24) is 5.32 Å². The Morgan fingerprint density at radius 2 is 2.00 bits per heavy atom. The number of unbranched alkanes of at least 4 members (excludes halogenated alkanes) is 3. The average molecular weight is 348 g/mol. The van der Waals surface area contributed by atoms with E-state index in [-0.39, 0.29) is 17.7 Å². The fourth-order valence-electron chi connectivity index (χ4n) is 1.89. The first-order chi connectivity index (χ1) is 11.7. The largest absolute Gasteiger partial charge is 0.443 e. The summed E-state index contributed by atoms with van der Waals surface area (Å²) in [7, 11) is 0. The number of amides is 2. The summed E-state index contributed by atoms with van der Waals surface area (Å²) >= 11 is 1.20. The van der Waals surface area contributed by atoms with Crippen molar-refractivity contribution in [1.29, 1.82) is 0 Å². The average Bonchev–Trinajstić information content (AvgIpc) is 2.60. The molecule has 0 saturated carbocycles. The van der Waals surface area contributed by atoms with Gasteiger partial charge in [-0.05, 0) is 31.1 Å². The molecule has 1 aromatic rings. The number of carbonyl (C=O) groups is 2. The van der Waals surface area contributed by atoms with E-state index < -0.39 is 6.09 Å². The SMILES string of the molecule is C=CCCCCCC(=O)NC(=NC(=O)OCc1ccccc1)SC. The van der Waals surface area contributed by atoms with Gasteiger partial charge in [0.2, 0.25) is 5.91 Å². The van der Waals surface area contributed by atoms with Crippen LogP contribution < -0.4 is 5.32 Å². The maximum Gasteiger partial charge on any atom is 0.436 e. The van der Waals surface area contributed by atoms with Crippen LogP contribution in [0, 0.1) is 0 Å². The normalized spacial score (nSPS) is 11.0. The molecule has 0 unspecified atom stereocenters. The van der Waals surface area contributed by atoms with Crippen molar-refractivity contribution in [3.05, 3.63) is 48.6 Å². The van der Waals surface area contributed by atoms with Crippen LogP contribution in [0.3, 0.4) is 0 Å². The molecule has 130 valence electrons. The molecule has 0 aliphatic carbocycles. The molecule has 0 spiro atoms. The second kappa shape index (κ2) is 12.4. The van der Waals surface area contributed by atoms with Gasteiger partial charge >= 0.3 is 6.09 Å². The van der Waals surface area contributed by atoms with Gasteiger partial charge in [0.1, 0.15) is 6.61 Å². The first kappa shape index (κ1) is 20.0. The molecule has 0 aliphatic heterocycles. The number of aliphatic imine (C=N–C) groups is 1. The number of thioether (sulfide) groups is 1. The van der Waals surface area contributed by atoms with Crippen molar-refractivity contribution < 1.29 is 14.3 Å². The monoisotopic (exact) mass is 348 g/mol. The second-order valence-corrected chi connectivity index (χ2v) is 5.89. The zero-order chi connectivity index (χ0) is 17.6. The second-order valence-electron chi connectivity index (χ2n) is 5.10. The summed E-state index contributed by atoms with van der Waals surface area (Å²) in [6, 6.07) is 9.35. The van der Waals surface area contributed by atoms with Gasteiger partial charge in [-0.2, -0.15) is 4.99 Å². The van der Waals surface area contributed by atoms with Crippen LogP contribution >= 0.6 is 11.8 Å². The molecule has 2 amide bonds. The lowest BCUT2D eigenvalue weighted by Crippen LogP contribution is -2.28. The predicted octanol–water partition coefficient (Wildman–Crippen LogP) is 4.29. The highest BCUT2D eigenvalue weighted by Crippen LogP contribution is 2.05. The van der Waals surface area contributed by atoms with Crippen LogP contribution in [0.4, 0.5) is 4.79 Å². The maximum absolute atomic E-state index is 11.8. The van der Waals surface area contributed by atoms with E-state index in [4.69, 9.17) is 4.74 Å². The molecule has 0 heterocycles. The molecule has 0 radical (unpaired) electrons. The van der Waals surface area contributed by atoms with Crippen LogP contribution in [-0.2, 0) is 16.1 Å². The zero-order valence-corrected chi connectivity index (χ0v) is 14.8. The molecule has 0 saturated heterocycles. The lowest BCUT2D eigenvalue weighted by Gasteiger charge is -2.06. The van der Waals surface area contributed by atoms with Gasteiger partial charge in [0.15, 0.2) is 5.17 Å². The van der Waals surface area contributed by atoms with E-state index in [9.17, 15) is 9.59 Å². The lowest BCUT2D eigenvalue weighted by molar-refractivity contribution is -0.119. The molecule has 0 fully saturated rings. The Hall–Kier alpha value is -2.08. The highest BCUT2D eigenvalue weighted by Gasteiger charge is 2.08. The van der Waals surface area contributed by atoms with Crippen molar-refractivity contribution in [2.75, 3.05) is 6.26 Å². The Morgan fingerprint density at radius 3 is 2.67 bits per heavy atom. The van der Waals surface area contributed by atoms with Gasteiger partial charge in [-0.1, -0.05) is 54.6 Å². The predicted molar refractivity (Wildman–Crippen MR) is 99.0 cm³/mol. The van der Waals surface area contributed by atoms with Crippen molar-refractivity contribution >= 4 is 28.9 Å². The van der Waals surface area contributed by atoms with Crippen LogP contribution in [0.25, 0.3) is 0 Å². The van der Waals surface area contributed by atoms with E-state index in [0.29, 0.717) is 6.42 Å². The Balaban J connectivity index is 2.35. The fourth-order valence-corrected chi connectivity index (χ4v) is 2.27. The number of amidine groups is 1. The van der Waals surface area contributed by atoms with E-state index in [2.05, 4.69) is 16.9 Å². The summed E-state index contributed by atoms with van der Waals surface area (Å²) in [5.74, 6) is -0.141. The Labute approximate surface area is 147 Å². The smallest absolute Gasteiger partial charge is 0.436 e. The van der Waals surface area contributed by atoms with Crippen LogP contribution in [0.1, 0.15) is 37.7 Å². The number of ether oxygens (including phenoxy) is 1. The van der Waals surface area contributed by atoms with Crippen LogP contribution in [-0.4, -0.2) is 23.4 Å². The molecular formula is C18H24N2O3S. The van der Waals surface area contributed by atoms with Gasteiger partial charge in [-0.25, -0.2) is 4.79 Å². The molecule has 1 N–H and O–H groups in total. The van der Waals surface area contributed by atoms with Crippen LogP contribution in [0.15, 0.2) is 48.0 Å². The maximum atomic E-state index is 11.8. The van der Waals surface area contributed by atoms with Gasteiger partial charge < -0.3 is 10.1 Å². The number of nitrogens with zero attached hydrogens (tertiary/aromatic N) is 1. The fraction of sp³-hybridized carbons (Fsp3) is 0.389. The highest BCUT2D eigenvalue weighted by atomic mass is 32.2. The number of carbonyl (C=O) groups excluding carboxylic acids is 2. The van der Waals surface area contributed by atoms with Crippen molar-refractivity contribution in [2.24, 2.45) is 4.99 Å². The van der Waals surface area contributed by atoms with Crippen molar-refractivity contribution in [3.8, 4) is 0 Å². The number of benzene rings is 1. The molecule has 6 heteroatoms. The summed E-state index contributed by atoms with van der Waals surface area (Å²) in [6.07, 6.45) is 7.10. The molecular weight excluding hydrogens is 324 g/mol. The van der Waals surface area contributed by atoms with E-state index in [1.54, 1.807) is 6.26 Å². The molecule has 24 heavy (non-hydrogen) atoms. The minimum atomic E-state index is -0.713. The molecule has 0 aromatic heterocycles. The topological polar surface area (TPSA) is 67.8 Å². The van der Waals surface area contributed by atoms with E-state index in [1.807, 2.05) is 36.4 Å². The van der Waals surface area contributed by atoms with E-state index in [1.165, 1.54) is 11.8 Å². The van der Waals surface area contributed by atoms with Gasteiger partial charge in [0.25, 0.3) is 0 Å². The minimum Gasteiger partial charge on any atom is -0.443 e. The molecule has 5 nitrogen and oxygen atoms in total. The third-order valence-corrected chi connectivity index (χ3v) is 3.73. The summed E-state index contributed by atoms with van der Waals surface area (Å²) in [6.45, 7) is 3.82. The first-order valence-electron chi connectivity index (χ1n) is 7.89. The standard InChI is InChI=1S/C18H24N2O3S/c1-3-4-5-6-10-13-16(21)19-17(24-2)20-18(22)23-14-15-11-8-7-9-12-15/h3,7-9,11-12H,1,4-6,10,13-14H2,2H3,(H,19,20,21,22). The zero-order valence-electron chi connectivity index (χ0n) is 14.0. The van der Waals surface area contributed by atoms with Crippen molar-refractivity contribution in [3.63, 3.8) is 0 Å². The molecule has 1 rings (SSSR count). The molecule has 0 atom stereocenters. The van der Waals surface area contributed by atoms with Crippen LogP contribution in [0.5, 0.6) is 0 Å². The third kappa shape index (κ3) is 9.15.